The monoisotopic (exact) mass is 203 g/mol. The first kappa shape index (κ1) is 9.28. The molecule has 0 saturated carbocycles. The second-order valence-corrected chi connectivity index (χ2v) is 4.30. The molecule has 0 unspecified atom stereocenters. The van der Waals surface area contributed by atoms with Gasteiger partial charge in [-0.05, 0) is 23.6 Å². The number of nitrogen functional groups attached to an aromatic ring is 1. The van der Waals surface area contributed by atoms with Crippen molar-refractivity contribution < 1.29 is 0 Å². The second-order valence-electron chi connectivity index (χ2n) is 3.22. The van der Waals surface area contributed by atoms with E-state index in [-0.39, 0.29) is 0 Å². The number of hydrogen-bond acceptors (Lipinski definition) is 2. The fourth-order valence-electron chi connectivity index (χ4n) is 1.46. The molecule has 1 aromatic heterocycles. The third-order valence-electron chi connectivity index (χ3n) is 2.28. The highest BCUT2D eigenvalue weighted by Crippen LogP contribution is 2.33. The summed E-state index contributed by atoms with van der Waals surface area (Å²) in [5.41, 5.74) is 8.42. The first-order valence-electron chi connectivity index (χ1n) is 4.75. The van der Waals surface area contributed by atoms with E-state index in [4.69, 9.17) is 5.73 Å². The largest absolute Gasteiger partial charge is 0.390 e. The third-order valence-corrected chi connectivity index (χ3v) is 3.34. The van der Waals surface area contributed by atoms with Crippen molar-refractivity contribution in [2.45, 2.75) is 13.3 Å². The van der Waals surface area contributed by atoms with Crippen LogP contribution >= 0.6 is 11.3 Å². The maximum absolute atomic E-state index is 5.91. The Morgan fingerprint density at radius 2 is 1.93 bits per heavy atom. The van der Waals surface area contributed by atoms with Crippen LogP contribution < -0.4 is 5.73 Å². The minimum absolute atomic E-state index is 0.950. The van der Waals surface area contributed by atoms with Gasteiger partial charge in [0.05, 0.1) is 5.00 Å². The van der Waals surface area contributed by atoms with Gasteiger partial charge < -0.3 is 5.73 Å². The lowest BCUT2D eigenvalue weighted by Gasteiger charge is -1.93. The summed E-state index contributed by atoms with van der Waals surface area (Å²) >= 11 is 1.67. The molecule has 1 heterocycles. The Hall–Kier alpha value is -1.28. The molecule has 1 nitrogen and oxygen atoms in total. The first-order valence-corrected chi connectivity index (χ1v) is 5.56. The van der Waals surface area contributed by atoms with Crippen molar-refractivity contribution in [3.63, 3.8) is 0 Å². The standard InChI is InChI=1S/C12H13NS/c1-2-9-8-11(14-12(9)13)10-6-4-3-5-7-10/h3-8H,2,13H2,1H3. The van der Waals surface area contributed by atoms with Gasteiger partial charge in [0.1, 0.15) is 0 Å². The summed E-state index contributed by atoms with van der Waals surface area (Å²) in [4.78, 5) is 1.26. The number of anilines is 1. The van der Waals surface area contributed by atoms with Crippen LogP contribution in [0.1, 0.15) is 12.5 Å². The Kier molecular flexibility index (Phi) is 2.55. The summed E-state index contributed by atoms with van der Waals surface area (Å²) in [7, 11) is 0. The van der Waals surface area contributed by atoms with Crippen LogP contribution in [0.2, 0.25) is 0 Å². The van der Waals surface area contributed by atoms with Crippen LogP contribution in [0.3, 0.4) is 0 Å². The summed E-state index contributed by atoms with van der Waals surface area (Å²) in [6.45, 7) is 2.13. The highest BCUT2D eigenvalue weighted by atomic mass is 32.1. The lowest BCUT2D eigenvalue weighted by atomic mass is 10.1. The molecule has 14 heavy (non-hydrogen) atoms. The van der Waals surface area contributed by atoms with Crippen molar-refractivity contribution >= 4 is 16.3 Å². The number of hydrogen-bond donors (Lipinski definition) is 1. The molecule has 1 aromatic carbocycles. The molecule has 0 fully saturated rings. The highest BCUT2D eigenvalue weighted by Gasteiger charge is 2.05. The Morgan fingerprint density at radius 1 is 1.21 bits per heavy atom. The maximum Gasteiger partial charge on any atom is 0.0895 e. The second kappa shape index (κ2) is 3.84. The van der Waals surface area contributed by atoms with E-state index in [1.807, 2.05) is 6.07 Å². The van der Waals surface area contributed by atoms with E-state index >= 15 is 0 Å². The van der Waals surface area contributed by atoms with Crippen LogP contribution in [0.15, 0.2) is 36.4 Å². The topological polar surface area (TPSA) is 26.0 Å². The highest BCUT2D eigenvalue weighted by molar-refractivity contribution is 7.19. The van der Waals surface area contributed by atoms with E-state index in [0.717, 1.165) is 11.4 Å². The molecule has 72 valence electrons. The minimum atomic E-state index is 0.950. The van der Waals surface area contributed by atoms with Crippen molar-refractivity contribution in [2.24, 2.45) is 0 Å². The zero-order valence-electron chi connectivity index (χ0n) is 8.16. The van der Waals surface area contributed by atoms with Crippen LogP contribution in [0.4, 0.5) is 5.00 Å². The van der Waals surface area contributed by atoms with Crippen LogP contribution in [-0.2, 0) is 6.42 Å². The van der Waals surface area contributed by atoms with E-state index in [0.29, 0.717) is 0 Å². The summed E-state index contributed by atoms with van der Waals surface area (Å²) in [6, 6.07) is 12.6. The van der Waals surface area contributed by atoms with Gasteiger partial charge >= 0.3 is 0 Å². The molecule has 0 saturated heterocycles. The Balaban J connectivity index is 2.43. The van der Waals surface area contributed by atoms with Crippen LogP contribution in [-0.4, -0.2) is 0 Å². The molecule has 0 radical (unpaired) electrons. The van der Waals surface area contributed by atoms with Gasteiger partial charge in [0, 0.05) is 4.88 Å². The molecular formula is C12H13NS. The predicted octanol–water partition coefficient (Wildman–Crippen LogP) is 3.56. The van der Waals surface area contributed by atoms with Gasteiger partial charge in [-0.2, -0.15) is 0 Å². The molecule has 2 rings (SSSR count). The number of thiophene rings is 1. The van der Waals surface area contributed by atoms with Crippen molar-refractivity contribution in [3.05, 3.63) is 42.0 Å². The number of aryl methyl sites for hydroxylation is 1. The van der Waals surface area contributed by atoms with Gasteiger partial charge in [0.2, 0.25) is 0 Å². The normalized spacial score (nSPS) is 10.4. The molecule has 0 aliphatic heterocycles. The number of rotatable bonds is 2. The van der Waals surface area contributed by atoms with Gasteiger partial charge in [-0.25, -0.2) is 0 Å². The maximum atomic E-state index is 5.91. The number of nitrogens with two attached hydrogens (primary N) is 1. The molecular weight excluding hydrogens is 190 g/mol. The first-order chi connectivity index (χ1) is 6.81. The Bertz CT molecular complexity index is 417. The molecule has 0 aliphatic rings. The van der Waals surface area contributed by atoms with E-state index in [9.17, 15) is 0 Å². The van der Waals surface area contributed by atoms with Gasteiger partial charge in [-0.3, -0.25) is 0 Å². The third kappa shape index (κ3) is 1.66. The van der Waals surface area contributed by atoms with E-state index in [1.165, 1.54) is 16.0 Å². The molecule has 0 aliphatic carbocycles. The van der Waals surface area contributed by atoms with Crippen molar-refractivity contribution in [1.29, 1.82) is 0 Å². The average Bonchev–Trinajstić information content (AvgIpc) is 2.61. The van der Waals surface area contributed by atoms with Gasteiger partial charge in [-0.1, -0.05) is 37.3 Å². The van der Waals surface area contributed by atoms with Crippen LogP contribution in [0, 0.1) is 0 Å². The quantitative estimate of drug-likeness (QED) is 0.793. The summed E-state index contributed by atoms with van der Waals surface area (Å²) < 4.78 is 0. The van der Waals surface area contributed by atoms with Gasteiger partial charge in [0.15, 0.2) is 0 Å². The molecule has 0 bridgehead atoms. The average molecular weight is 203 g/mol. The SMILES string of the molecule is CCc1cc(-c2ccccc2)sc1N. The van der Waals surface area contributed by atoms with Gasteiger partial charge in [-0.15, -0.1) is 11.3 Å². The molecule has 0 spiro atoms. The predicted molar refractivity (Wildman–Crippen MR) is 63.5 cm³/mol. The zero-order valence-corrected chi connectivity index (χ0v) is 8.97. The summed E-state index contributed by atoms with van der Waals surface area (Å²) in [5, 5.41) is 0.950. The fraction of sp³-hybridized carbons (Fsp3) is 0.167. The molecule has 2 heteroatoms. The minimum Gasteiger partial charge on any atom is -0.390 e. The fourth-order valence-corrected chi connectivity index (χ4v) is 2.49. The molecule has 0 atom stereocenters. The van der Waals surface area contributed by atoms with Crippen molar-refractivity contribution in [2.75, 3.05) is 5.73 Å². The number of benzene rings is 1. The summed E-state index contributed by atoms with van der Waals surface area (Å²) in [5.74, 6) is 0. The van der Waals surface area contributed by atoms with Gasteiger partial charge in [0.25, 0.3) is 0 Å². The molecule has 0 amide bonds. The van der Waals surface area contributed by atoms with Crippen molar-refractivity contribution in [3.8, 4) is 10.4 Å². The van der Waals surface area contributed by atoms with E-state index in [2.05, 4.69) is 37.3 Å². The zero-order chi connectivity index (χ0) is 9.97. The van der Waals surface area contributed by atoms with Crippen molar-refractivity contribution in [1.82, 2.24) is 0 Å². The molecule has 2 aromatic rings. The molecule has 2 N–H and O–H groups in total. The van der Waals surface area contributed by atoms with E-state index in [1.54, 1.807) is 11.3 Å². The van der Waals surface area contributed by atoms with Crippen LogP contribution in [0.25, 0.3) is 10.4 Å². The lowest BCUT2D eigenvalue weighted by Crippen LogP contribution is -1.83. The lowest BCUT2D eigenvalue weighted by molar-refractivity contribution is 1.16. The van der Waals surface area contributed by atoms with E-state index < -0.39 is 0 Å². The van der Waals surface area contributed by atoms with Crippen LogP contribution in [0.5, 0.6) is 0 Å². The Morgan fingerprint density at radius 3 is 2.50 bits per heavy atom. The summed E-state index contributed by atoms with van der Waals surface area (Å²) in [6.07, 6.45) is 1.01. The Labute approximate surface area is 88.2 Å². The smallest absolute Gasteiger partial charge is 0.0895 e.